The van der Waals surface area contributed by atoms with E-state index in [1.807, 2.05) is 13.8 Å². The number of halogens is 2. The fourth-order valence-electron chi connectivity index (χ4n) is 3.22. The third kappa shape index (κ3) is 3.66. The monoisotopic (exact) mass is 343 g/mol. The molecule has 0 radical (unpaired) electrons. The van der Waals surface area contributed by atoms with Gasteiger partial charge in [-0.3, -0.25) is 20.5 Å². The minimum Gasteiger partial charge on any atom is -0.493 e. The molecule has 2 rings (SSSR count). The van der Waals surface area contributed by atoms with E-state index >= 15 is 0 Å². The Kier molecular flexibility index (Phi) is 5.74. The Morgan fingerprint density at radius 3 is 2.42 bits per heavy atom. The number of carbonyl (C=O) groups is 1. The molecule has 1 aromatic carbocycles. The molecular formula is C16H23F2N3O3. The van der Waals surface area contributed by atoms with Crippen LogP contribution >= 0.6 is 0 Å². The van der Waals surface area contributed by atoms with Crippen molar-refractivity contribution in [1.82, 2.24) is 15.8 Å². The molecule has 1 aliphatic heterocycles. The van der Waals surface area contributed by atoms with E-state index in [0.717, 1.165) is 6.07 Å². The minimum absolute atomic E-state index is 0.0378. The zero-order valence-electron chi connectivity index (χ0n) is 14.1. The summed E-state index contributed by atoms with van der Waals surface area (Å²) in [6.45, 7) is 4.42. The Hall–Kier alpha value is -1.77. The molecule has 1 saturated heterocycles. The molecule has 0 aliphatic carbocycles. The second-order valence-corrected chi connectivity index (χ2v) is 6.22. The standard InChI is InChI=1S/C16H23F2N3O3/c1-8-12(9(2)20-19-8)7-21(3)14(16(22)23)11-5-10(17)6-13(18)15(11)24-4/h5-6,8-9,12,14,19-20H,7H2,1-4H3,(H,22,23). The topological polar surface area (TPSA) is 73.8 Å². The van der Waals surface area contributed by atoms with Crippen LogP contribution < -0.4 is 15.6 Å². The predicted molar refractivity (Wildman–Crippen MR) is 84.6 cm³/mol. The largest absolute Gasteiger partial charge is 0.493 e. The number of carboxylic acid groups (broad SMARTS) is 1. The van der Waals surface area contributed by atoms with Gasteiger partial charge in [-0.25, -0.2) is 8.78 Å². The van der Waals surface area contributed by atoms with Crippen LogP contribution in [0.4, 0.5) is 8.78 Å². The van der Waals surface area contributed by atoms with Crippen LogP contribution in [0.15, 0.2) is 12.1 Å². The van der Waals surface area contributed by atoms with Crippen LogP contribution in [0.1, 0.15) is 25.5 Å². The van der Waals surface area contributed by atoms with Gasteiger partial charge in [-0.2, -0.15) is 0 Å². The maximum atomic E-state index is 13.9. The molecule has 0 bridgehead atoms. The number of nitrogens with one attached hydrogen (secondary N) is 2. The summed E-state index contributed by atoms with van der Waals surface area (Å²) in [6.07, 6.45) is 0. The maximum absolute atomic E-state index is 13.9. The maximum Gasteiger partial charge on any atom is 0.325 e. The average Bonchev–Trinajstić information content (AvgIpc) is 2.78. The van der Waals surface area contributed by atoms with Crippen LogP contribution in [0.2, 0.25) is 0 Å². The molecule has 0 aromatic heterocycles. The normalized spacial score (nSPS) is 25.0. The molecule has 24 heavy (non-hydrogen) atoms. The number of rotatable bonds is 6. The number of benzene rings is 1. The second kappa shape index (κ2) is 7.42. The van der Waals surface area contributed by atoms with Crippen molar-refractivity contribution >= 4 is 5.97 Å². The van der Waals surface area contributed by atoms with Crippen LogP contribution in [-0.4, -0.2) is 48.8 Å². The summed E-state index contributed by atoms with van der Waals surface area (Å²) in [4.78, 5) is 13.4. The highest BCUT2D eigenvalue weighted by atomic mass is 19.1. The van der Waals surface area contributed by atoms with Gasteiger partial charge in [0.2, 0.25) is 0 Å². The summed E-state index contributed by atoms with van der Waals surface area (Å²) in [7, 11) is 2.85. The zero-order valence-corrected chi connectivity index (χ0v) is 14.1. The molecule has 3 N–H and O–H groups in total. The smallest absolute Gasteiger partial charge is 0.325 e. The molecule has 8 heteroatoms. The van der Waals surface area contributed by atoms with E-state index in [4.69, 9.17) is 4.74 Å². The number of nitrogens with zero attached hydrogens (tertiary/aromatic N) is 1. The average molecular weight is 343 g/mol. The lowest BCUT2D eigenvalue weighted by atomic mass is 9.94. The van der Waals surface area contributed by atoms with Crippen LogP contribution in [0.25, 0.3) is 0 Å². The van der Waals surface area contributed by atoms with Gasteiger partial charge in [0, 0.05) is 36.2 Å². The molecule has 1 fully saturated rings. The van der Waals surface area contributed by atoms with Gasteiger partial charge in [0.05, 0.1) is 7.11 Å². The number of hydrogen-bond donors (Lipinski definition) is 3. The fraction of sp³-hybridized carbons (Fsp3) is 0.562. The van der Waals surface area contributed by atoms with Gasteiger partial charge in [-0.1, -0.05) is 0 Å². The van der Waals surface area contributed by atoms with Crippen molar-refractivity contribution in [2.24, 2.45) is 5.92 Å². The second-order valence-electron chi connectivity index (χ2n) is 6.22. The van der Waals surface area contributed by atoms with E-state index in [2.05, 4.69) is 10.9 Å². The number of carboxylic acids is 1. The Bertz CT molecular complexity index is 604. The lowest BCUT2D eigenvalue weighted by molar-refractivity contribution is -0.143. The lowest BCUT2D eigenvalue weighted by Crippen LogP contribution is -2.40. The number of hydrazine groups is 1. The summed E-state index contributed by atoms with van der Waals surface area (Å²) in [5, 5.41) is 9.63. The Labute approximate surface area is 139 Å². The minimum atomic E-state index is -1.22. The number of aliphatic carboxylic acids is 1. The number of methoxy groups -OCH3 is 1. The quantitative estimate of drug-likeness (QED) is 0.728. The Morgan fingerprint density at radius 2 is 1.92 bits per heavy atom. The molecule has 6 nitrogen and oxygen atoms in total. The molecule has 0 amide bonds. The van der Waals surface area contributed by atoms with E-state index in [1.54, 1.807) is 11.9 Å². The van der Waals surface area contributed by atoms with Gasteiger partial charge >= 0.3 is 5.97 Å². The summed E-state index contributed by atoms with van der Waals surface area (Å²) in [5.41, 5.74) is 6.17. The molecule has 1 heterocycles. The van der Waals surface area contributed by atoms with E-state index < -0.39 is 23.6 Å². The first-order chi connectivity index (χ1) is 11.3. The van der Waals surface area contributed by atoms with Crippen molar-refractivity contribution in [3.05, 3.63) is 29.3 Å². The van der Waals surface area contributed by atoms with Gasteiger partial charge in [-0.15, -0.1) is 0 Å². The lowest BCUT2D eigenvalue weighted by Gasteiger charge is -2.30. The molecule has 1 aliphatic rings. The SMILES string of the molecule is COc1c(F)cc(F)cc1C(C(=O)O)N(C)CC1C(C)NNC1C. The van der Waals surface area contributed by atoms with Gasteiger partial charge in [-0.05, 0) is 27.0 Å². The molecule has 1 aromatic rings. The first kappa shape index (κ1) is 18.6. The predicted octanol–water partition coefficient (Wildman–Crippen LogP) is 1.53. The van der Waals surface area contributed by atoms with E-state index in [0.29, 0.717) is 12.6 Å². The van der Waals surface area contributed by atoms with Crippen molar-refractivity contribution in [2.45, 2.75) is 32.0 Å². The van der Waals surface area contributed by atoms with Crippen molar-refractivity contribution in [3.63, 3.8) is 0 Å². The van der Waals surface area contributed by atoms with E-state index in [1.165, 1.54) is 7.11 Å². The third-order valence-electron chi connectivity index (χ3n) is 4.53. The van der Waals surface area contributed by atoms with E-state index in [-0.39, 0.29) is 29.3 Å². The van der Waals surface area contributed by atoms with Crippen LogP contribution in [0.3, 0.4) is 0 Å². The number of hydrogen-bond acceptors (Lipinski definition) is 5. The van der Waals surface area contributed by atoms with Gasteiger partial charge in [0.25, 0.3) is 0 Å². The van der Waals surface area contributed by atoms with Gasteiger partial charge in [0.1, 0.15) is 11.9 Å². The Balaban J connectivity index is 2.34. The fourth-order valence-corrected chi connectivity index (χ4v) is 3.22. The van der Waals surface area contributed by atoms with Crippen LogP contribution in [0, 0.1) is 17.6 Å². The van der Waals surface area contributed by atoms with Crippen LogP contribution in [-0.2, 0) is 4.79 Å². The van der Waals surface area contributed by atoms with Crippen molar-refractivity contribution in [3.8, 4) is 5.75 Å². The molecule has 134 valence electrons. The van der Waals surface area contributed by atoms with Crippen molar-refractivity contribution < 1.29 is 23.4 Å². The highest BCUT2D eigenvalue weighted by Crippen LogP contribution is 2.33. The van der Waals surface area contributed by atoms with Crippen LogP contribution in [0.5, 0.6) is 5.75 Å². The number of likely N-dealkylation sites (N-methyl/N-ethyl adjacent to an activating group) is 1. The molecular weight excluding hydrogens is 320 g/mol. The molecule has 0 saturated carbocycles. The summed E-state index contributed by atoms with van der Waals surface area (Å²) in [6, 6.07) is 0.752. The first-order valence-corrected chi connectivity index (χ1v) is 7.73. The Morgan fingerprint density at radius 1 is 1.33 bits per heavy atom. The van der Waals surface area contributed by atoms with Gasteiger partial charge in [0.15, 0.2) is 11.6 Å². The van der Waals surface area contributed by atoms with Gasteiger partial charge < -0.3 is 9.84 Å². The first-order valence-electron chi connectivity index (χ1n) is 7.73. The number of ether oxygens (including phenoxy) is 1. The third-order valence-corrected chi connectivity index (χ3v) is 4.53. The molecule has 3 atom stereocenters. The summed E-state index contributed by atoms with van der Waals surface area (Å²) in [5.74, 6) is -3.06. The van der Waals surface area contributed by atoms with Crippen molar-refractivity contribution in [1.29, 1.82) is 0 Å². The van der Waals surface area contributed by atoms with Crippen molar-refractivity contribution in [2.75, 3.05) is 20.7 Å². The summed E-state index contributed by atoms with van der Waals surface area (Å²) < 4.78 is 32.5. The summed E-state index contributed by atoms with van der Waals surface area (Å²) >= 11 is 0. The highest BCUT2D eigenvalue weighted by Gasteiger charge is 2.36. The van der Waals surface area contributed by atoms with E-state index in [9.17, 15) is 18.7 Å². The molecule has 3 unspecified atom stereocenters. The molecule has 0 spiro atoms. The highest BCUT2D eigenvalue weighted by molar-refractivity contribution is 5.76. The zero-order chi connectivity index (χ0) is 18.0.